The summed E-state index contributed by atoms with van der Waals surface area (Å²) < 4.78 is 5.22. The summed E-state index contributed by atoms with van der Waals surface area (Å²) in [5, 5.41) is 9.77. The summed E-state index contributed by atoms with van der Waals surface area (Å²) in [6.45, 7) is 14.2. The van der Waals surface area contributed by atoms with E-state index in [-0.39, 0.29) is 12.1 Å². The fourth-order valence-electron chi connectivity index (χ4n) is 3.59. The molecule has 0 unspecified atom stereocenters. The quantitative estimate of drug-likeness (QED) is 0.445. The van der Waals surface area contributed by atoms with Crippen LogP contribution in [-0.4, -0.2) is 25.7 Å². The summed E-state index contributed by atoms with van der Waals surface area (Å²) in [6, 6.07) is 14.3. The predicted octanol–water partition coefficient (Wildman–Crippen LogP) is 5.88. The Bertz CT molecular complexity index is 803. The van der Waals surface area contributed by atoms with Gasteiger partial charge in [0.2, 0.25) is 0 Å². The summed E-state index contributed by atoms with van der Waals surface area (Å²) in [5.74, 6) is 1.91. The van der Waals surface area contributed by atoms with Gasteiger partial charge in [-0.05, 0) is 46.6 Å². The van der Waals surface area contributed by atoms with Gasteiger partial charge in [0.15, 0.2) is 0 Å². The smallest absolute Gasteiger partial charge is 0.319 e. The van der Waals surface area contributed by atoms with Crippen LogP contribution in [0.2, 0.25) is 0 Å². The molecule has 0 saturated carbocycles. The largest absolute Gasteiger partial charge is 0.497 e. The maximum absolute atomic E-state index is 12.8. The Morgan fingerprint density at radius 2 is 1.48 bits per heavy atom. The molecule has 31 heavy (non-hydrogen) atoms. The molecule has 0 radical (unpaired) electrons. The van der Waals surface area contributed by atoms with Crippen LogP contribution >= 0.6 is 0 Å². The lowest BCUT2D eigenvalue weighted by molar-refractivity contribution is 0.249. The molecule has 0 aliphatic carbocycles. The maximum atomic E-state index is 12.8. The van der Waals surface area contributed by atoms with E-state index in [0.717, 1.165) is 18.0 Å². The van der Waals surface area contributed by atoms with Crippen LogP contribution in [0.25, 0.3) is 0 Å². The van der Waals surface area contributed by atoms with Crippen LogP contribution in [0.1, 0.15) is 70.1 Å². The minimum Gasteiger partial charge on any atom is -0.497 e. The highest BCUT2D eigenvalue weighted by molar-refractivity contribution is 5.91. The Kier molecular flexibility index (Phi) is 9.38. The number of rotatable bonds is 10. The number of urea groups is 1. The van der Waals surface area contributed by atoms with E-state index in [4.69, 9.17) is 4.74 Å². The fraction of sp³-hybridized carbons (Fsp3) is 0.500. The SMILES string of the molecule is COc1ccc(CN[C@H](CNC(=O)Nc2c(C(C)C)cccc2C(C)C)C(C)C)cc1. The Balaban J connectivity index is 1.99. The molecule has 5 heteroatoms. The van der Waals surface area contributed by atoms with E-state index in [9.17, 15) is 4.79 Å². The monoisotopic (exact) mass is 425 g/mol. The molecule has 0 bridgehead atoms. The van der Waals surface area contributed by atoms with Crippen molar-refractivity contribution >= 4 is 11.7 Å². The third kappa shape index (κ3) is 7.28. The molecule has 2 aromatic rings. The first kappa shape index (κ1) is 24.7. The molecule has 3 N–H and O–H groups in total. The maximum Gasteiger partial charge on any atom is 0.319 e. The zero-order valence-corrected chi connectivity index (χ0v) is 20.1. The first-order valence-electron chi connectivity index (χ1n) is 11.3. The van der Waals surface area contributed by atoms with E-state index in [0.29, 0.717) is 24.3 Å². The van der Waals surface area contributed by atoms with Crippen molar-refractivity contribution in [3.05, 3.63) is 59.2 Å². The number of ether oxygens (including phenoxy) is 1. The van der Waals surface area contributed by atoms with Crippen LogP contribution in [-0.2, 0) is 6.54 Å². The molecule has 0 aromatic heterocycles. The van der Waals surface area contributed by atoms with Crippen molar-refractivity contribution in [2.24, 2.45) is 5.92 Å². The zero-order valence-electron chi connectivity index (χ0n) is 20.1. The van der Waals surface area contributed by atoms with Crippen molar-refractivity contribution in [1.82, 2.24) is 10.6 Å². The summed E-state index contributed by atoms with van der Waals surface area (Å²) in [6.07, 6.45) is 0. The van der Waals surface area contributed by atoms with E-state index in [1.807, 2.05) is 12.1 Å². The Labute approximate surface area is 188 Å². The number of nitrogens with one attached hydrogen (secondary N) is 3. The van der Waals surface area contributed by atoms with Crippen LogP contribution in [0, 0.1) is 5.92 Å². The molecule has 5 nitrogen and oxygen atoms in total. The Hall–Kier alpha value is -2.53. The second-order valence-electron chi connectivity index (χ2n) is 9.04. The lowest BCUT2D eigenvalue weighted by Gasteiger charge is -2.24. The summed E-state index contributed by atoms with van der Waals surface area (Å²) >= 11 is 0. The highest BCUT2D eigenvalue weighted by Crippen LogP contribution is 2.32. The van der Waals surface area contributed by atoms with Gasteiger partial charge in [-0.25, -0.2) is 4.79 Å². The number of carbonyl (C=O) groups excluding carboxylic acids is 1. The van der Waals surface area contributed by atoms with E-state index >= 15 is 0 Å². The van der Waals surface area contributed by atoms with Crippen LogP contribution in [0.3, 0.4) is 0 Å². The summed E-state index contributed by atoms with van der Waals surface area (Å²) in [7, 11) is 1.67. The topological polar surface area (TPSA) is 62.4 Å². The van der Waals surface area contributed by atoms with Crippen molar-refractivity contribution in [3.8, 4) is 5.75 Å². The standard InChI is InChI=1S/C26H39N3O2/c1-17(2)22-9-8-10-23(18(3)4)25(22)29-26(30)28-16-24(19(5)6)27-15-20-11-13-21(31-7)14-12-20/h8-14,17-19,24,27H,15-16H2,1-7H3,(H2,28,29,30)/t24-/m1/s1. The fourth-order valence-corrected chi connectivity index (χ4v) is 3.59. The number of para-hydroxylation sites is 1. The van der Waals surface area contributed by atoms with Gasteiger partial charge in [-0.15, -0.1) is 0 Å². The van der Waals surface area contributed by atoms with Crippen LogP contribution in [0.5, 0.6) is 5.75 Å². The second kappa shape index (κ2) is 11.8. The van der Waals surface area contributed by atoms with Gasteiger partial charge in [-0.2, -0.15) is 0 Å². The molecule has 2 amide bonds. The highest BCUT2D eigenvalue weighted by Gasteiger charge is 2.18. The number of hydrogen-bond acceptors (Lipinski definition) is 3. The number of benzene rings is 2. The van der Waals surface area contributed by atoms with E-state index < -0.39 is 0 Å². The number of carbonyl (C=O) groups is 1. The molecule has 0 saturated heterocycles. The Morgan fingerprint density at radius 1 is 0.903 bits per heavy atom. The summed E-state index contributed by atoms with van der Waals surface area (Å²) in [5.41, 5.74) is 4.46. The van der Waals surface area contributed by atoms with Crippen LogP contribution < -0.4 is 20.7 Å². The van der Waals surface area contributed by atoms with Gasteiger partial charge < -0.3 is 20.7 Å². The molecule has 1 atom stereocenters. The number of methoxy groups -OCH3 is 1. The van der Waals surface area contributed by atoms with Crippen molar-refractivity contribution in [1.29, 1.82) is 0 Å². The predicted molar refractivity (Wildman–Crippen MR) is 130 cm³/mol. The van der Waals surface area contributed by atoms with E-state index in [1.165, 1.54) is 16.7 Å². The molecule has 0 heterocycles. The third-order valence-corrected chi connectivity index (χ3v) is 5.63. The molecule has 0 spiro atoms. The zero-order chi connectivity index (χ0) is 23.0. The highest BCUT2D eigenvalue weighted by atomic mass is 16.5. The van der Waals surface area contributed by atoms with Crippen LogP contribution in [0.4, 0.5) is 10.5 Å². The minimum atomic E-state index is -0.160. The number of hydrogen-bond donors (Lipinski definition) is 3. The van der Waals surface area contributed by atoms with Gasteiger partial charge in [0.25, 0.3) is 0 Å². The first-order chi connectivity index (χ1) is 14.7. The van der Waals surface area contributed by atoms with Crippen molar-refractivity contribution in [2.45, 2.75) is 66.0 Å². The van der Waals surface area contributed by atoms with Gasteiger partial charge in [-0.1, -0.05) is 71.9 Å². The van der Waals surface area contributed by atoms with Gasteiger partial charge in [0.05, 0.1) is 7.11 Å². The first-order valence-corrected chi connectivity index (χ1v) is 11.3. The molecule has 170 valence electrons. The van der Waals surface area contributed by atoms with Gasteiger partial charge in [0.1, 0.15) is 5.75 Å². The summed E-state index contributed by atoms with van der Waals surface area (Å²) in [4.78, 5) is 12.8. The van der Waals surface area contributed by atoms with Gasteiger partial charge in [0, 0.05) is 24.8 Å². The van der Waals surface area contributed by atoms with Crippen molar-refractivity contribution in [2.75, 3.05) is 19.0 Å². The molecular formula is C26H39N3O2. The molecule has 0 aliphatic rings. The number of amides is 2. The lowest BCUT2D eigenvalue weighted by atomic mass is 9.93. The lowest BCUT2D eigenvalue weighted by Crippen LogP contribution is -2.45. The third-order valence-electron chi connectivity index (χ3n) is 5.63. The minimum absolute atomic E-state index is 0.160. The molecule has 0 fully saturated rings. The van der Waals surface area contributed by atoms with E-state index in [2.05, 4.69) is 87.8 Å². The molecular weight excluding hydrogens is 386 g/mol. The number of anilines is 1. The van der Waals surface area contributed by atoms with Gasteiger partial charge >= 0.3 is 6.03 Å². The molecule has 2 rings (SSSR count). The van der Waals surface area contributed by atoms with Crippen molar-refractivity contribution in [3.63, 3.8) is 0 Å². The van der Waals surface area contributed by atoms with Crippen molar-refractivity contribution < 1.29 is 9.53 Å². The molecule has 2 aromatic carbocycles. The van der Waals surface area contributed by atoms with E-state index in [1.54, 1.807) is 7.11 Å². The second-order valence-corrected chi connectivity index (χ2v) is 9.04. The molecule has 0 aliphatic heterocycles. The Morgan fingerprint density at radius 3 is 1.97 bits per heavy atom. The average molecular weight is 426 g/mol. The normalized spacial score (nSPS) is 12.3. The van der Waals surface area contributed by atoms with Crippen LogP contribution in [0.15, 0.2) is 42.5 Å². The van der Waals surface area contributed by atoms with Gasteiger partial charge in [-0.3, -0.25) is 0 Å². The average Bonchev–Trinajstić information content (AvgIpc) is 2.73.